The van der Waals surface area contributed by atoms with Crippen LogP contribution in [0.5, 0.6) is 0 Å². The molecule has 120 valence electrons. The van der Waals surface area contributed by atoms with Gasteiger partial charge < -0.3 is 4.90 Å². The lowest BCUT2D eigenvalue weighted by atomic mass is 10.2. The molecule has 21 heavy (non-hydrogen) atoms. The lowest BCUT2D eigenvalue weighted by molar-refractivity contribution is 0.300. The molecule has 4 nitrogen and oxygen atoms in total. The van der Waals surface area contributed by atoms with Gasteiger partial charge in [-0.05, 0) is 57.1 Å². The normalized spacial score (nSPS) is 12.1. The average Bonchev–Trinajstić information content (AvgIpc) is 2.43. The Bertz CT molecular complexity index is 569. The predicted molar refractivity (Wildman–Crippen MR) is 91.2 cm³/mol. The van der Waals surface area contributed by atoms with Crippen LogP contribution in [-0.2, 0) is 10.0 Å². The van der Waals surface area contributed by atoms with Crippen LogP contribution in [0, 0.1) is 13.8 Å². The number of hydrogen-bond donors (Lipinski definition) is 1. The lowest BCUT2D eigenvalue weighted by Crippen LogP contribution is -2.30. The first kappa shape index (κ1) is 18.6. The molecule has 0 spiro atoms. The Morgan fingerprint density at radius 3 is 2.33 bits per heavy atom. The number of hydrogen-bond acceptors (Lipinski definition) is 3. The molecule has 1 rings (SSSR count). The molecule has 0 saturated carbocycles. The summed E-state index contributed by atoms with van der Waals surface area (Å²) in [5.41, 5.74) is 1.81. The van der Waals surface area contributed by atoms with Crippen molar-refractivity contribution in [3.05, 3.63) is 27.7 Å². The van der Waals surface area contributed by atoms with Gasteiger partial charge in [-0.25, -0.2) is 13.1 Å². The number of halogens is 1. The Kier molecular flexibility index (Phi) is 7.33. The predicted octanol–water partition coefficient (Wildman–Crippen LogP) is 3.08. The molecule has 0 heterocycles. The Morgan fingerprint density at radius 1 is 1.14 bits per heavy atom. The summed E-state index contributed by atoms with van der Waals surface area (Å²) in [6, 6.07) is 3.56. The smallest absolute Gasteiger partial charge is 0.240 e. The zero-order valence-corrected chi connectivity index (χ0v) is 15.6. The first-order chi connectivity index (χ1) is 9.81. The quantitative estimate of drug-likeness (QED) is 0.709. The number of benzene rings is 1. The zero-order chi connectivity index (χ0) is 16.0. The van der Waals surface area contributed by atoms with Crippen molar-refractivity contribution >= 4 is 26.0 Å². The fraction of sp³-hybridized carbons (Fsp3) is 0.600. The van der Waals surface area contributed by atoms with E-state index in [9.17, 15) is 8.42 Å². The van der Waals surface area contributed by atoms with Crippen LogP contribution in [0.4, 0.5) is 0 Å². The van der Waals surface area contributed by atoms with Crippen LogP contribution in [-0.4, -0.2) is 39.5 Å². The van der Waals surface area contributed by atoms with Crippen LogP contribution in [0.25, 0.3) is 0 Å². The molecule has 0 atom stereocenters. The van der Waals surface area contributed by atoms with Crippen LogP contribution in [0.3, 0.4) is 0 Å². The second-order valence-corrected chi connectivity index (χ2v) is 7.73. The van der Waals surface area contributed by atoms with Crippen molar-refractivity contribution in [3.63, 3.8) is 0 Å². The summed E-state index contributed by atoms with van der Waals surface area (Å²) in [7, 11) is -3.44. The molecule has 0 aromatic heterocycles. The maximum atomic E-state index is 12.4. The highest BCUT2D eigenvalue weighted by Gasteiger charge is 2.17. The van der Waals surface area contributed by atoms with Gasteiger partial charge in [0.25, 0.3) is 0 Å². The zero-order valence-electron chi connectivity index (χ0n) is 13.2. The highest BCUT2D eigenvalue weighted by Crippen LogP contribution is 2.24. The molecule has 0 bridgehead atoms. The van der Waals surface area contributed by atoms with Gasteiger partial charge in [0.1, 0.15) is 0 Å². The van der Waals surface area contributed by atoms with E-state index in [2.05, 4.69) is 39.4 Å². The van der Waals surface area contributed by atoms with Crippen molar-refractivity contribution in [2.45, 2.75) is 39.0 Å². The SMILES string of the molecule is CCN(CC)CCCNS(=O)(=O)c1cc(Br)c(C)cc1C. The second-order valence-electron chi connectivity index (χ2n) is 5.15. The molecule has 0 aliphatic rings. The third-order valence-electron chi connectivity index (χ3n) is 3.58. The Balaban J connectivity index is 2.68. The van der Waals surface area contributed by atoms with Gasteiger partial charge >= 0.3 is 0 Å². The van der Waals surface area contributed by atoms with Gasteiger partial charge in [-0.3, -0.25) is 0 Å². The van der Waals surface area contributed by atoms with E-state index in [-0.39, 0.29) is 0 Å². The summed E-state index contributed by atoms with van der Waals surface area (Å²) in [5.74, 6) is 0. The minimum atomic E-state index is -3.44. The van der Waals surface area contributed by atoms with E-state index >= 15 is 0 Å². The topological polar surface area (TPSA) is 49.4 Å². The van der Waals surface area contributed by atoms with Gasteiger partial charge in [-0.1, -0.05) is 35.8 Å². The Morgan fingerprint density at radius 2 is 1.76 bits per heavy atom. The fourth-order valence-electron chi connectivity index (χ4n) is 2.22. The third kappa shape index (κ3) is 5.36. The molecular weight excluding hydrogens is 352 g/mol. The molecule has 0 aliphatic heterocycles. The van der Waals surface area contributed by atoms with Crippen LogP contribution in [0.15, 0.2) is 21.5 Å². The van der Waals surface area contributed by atoms with Crippen molar-refractivity contribution in [3.8, 4) is 0 Å². The van der Waals surface area contributed by atoms with Gasteiger partial charge in [0.15, 0.2) is 0 Å². The van der Waals surface area contributed by atoms with Gasteiger partial charge in [-0.2, -0.15) is 0 Å². The summed E-state index contributed by atoms with van der Waals surface area (Å²) in [5, 5.41) is 0. The molecule has 0 unspecified atom stereocenters. The van der Waals surface area contributed by atoms with Crippen molar-refractivity contribution < 1.29 is 8.42 Å². The summed E-state index contributed by atoms with van der Waals surface area (Å²) >= 11 is 3.39. The minimum Gasteiger partial charge on any atom is -0.304 e. The third-order valence-corrected chi connectivity index (χ3v) is 6.04. The summed E-state index contributed by atoms with van der Waals surface area (Å²) in [6.45, 7) is 11.4. The van der Waals surface area contributed by atoms with E-state index in [1.165, 1.54) is 0 Å². The van der Waals surface area contributed by atoms with E-state index in [0.29, 0.717) is 11.4 Å². The molecular formula is C15H25BrN2O2S. The van der Waals surface area contributed by atoms with Gasteiger partial charge in [0, 0.05) is 11.0 Å². The van der Waals surface area contributed by atoms with Gasteiger partial charge in [0.2, 0.25) is 10.0 Å². The highest BCUT2D eigenvalue weighted by molar-refractivity contribution is 9.10. The van der Waals surface area contributed by atoms with Crippen molar-refractivity contribution in [1.82, 2.24) is 9.62 Å². The number of sulfonamides is 1. The first-order valence-corrected chi connectivity index (χ1v) is 9.58. The van der Waals surface area contributed by atoms with E-state index in [1.54, 1.807) is 6.07 Å². The average molecular weight is 377 g/mol. The number of aryl methyl sites for hydroxylation is 2. The summed E-state index contributed by atoms with van der Waals surface area (Å²) in [4.78, 5) is 2.63. The monoisotopic (exact) mass is 376 g/mol. The first-order valence-electron chi connectivity index (χ1n) is 7.30. The molecule has 0 aliphatic carbocycles. The van der Waals surface area contributed by atoms with Crippen molar-refractivity contribution in [1.29, 1.82) is 0 Å². The molecule has 0 saturated heterocycles. The van der Waals surface area contributed by atoms with Gasteiger partial charge in [0.05, 0.1) is 4.90 Å². The van der Waals surface area contributed by atoms with E-state index < -0.39 is 10.0 Å². The molecule has 1 aromatic rings. The van der Waals surface area contributed by atoms with Crippen LogP contribution < -0.4 is 4.72 Å². The highest BCUT2D eigenvalue weighted by atomic mass is 79.9. The summed E-state index contributed by atoms with van der Waals surface area (Å²) < 4.78 is 28.2. The van der Waals surface area contributed by atoms with Crippen LogP contribution in [0.1, 0.15) is 31.4 Å². The largest absolute Gasteiger partial charge is 0.304 e. The van der Waals surface area contributed by atoms with E-state index in [1.807, 2.05) is 19.9 Å². The van der Waals surface area contributed by atoms with E-state index in [4.69, 9.17) is 0 Å². The molecule has 0 amide bonds. The number of nitrogens with zero attached hydrogens (tertiary/aromatic N) is 1. The molecule has 1 aromatic carbocycles. The Hall–Kier alpha value is -0.430. The molecule has 1 N–H and O–H groups in total. The molecule has 0 fully saturated rings. The maximum absolute atomic E-state index is 12.4. The second kappa shape index (κ2) is 8.27. The van der Waals surface area contributed by atoms with Crippen molar-refractivity contribution in [2.24, 2.45) is 0 Å². The van der Waals surface area contributed by atoms with Crippen molar-refractivity contribution in [2.75, 3.05) is 26.2 Å². The van der Waals surface area contributed by atoms with Gasteiger partial charge in [-0.15, -0.1) is 0 Å². The molecule has 0 radical (unpaired) electrons. The van der Waals surface area contributed by atoms with Crippen LogP contribution >= 0.6 is 15.9 Å². The Labute approximate surface area is 137 Å². The molecule has 6 heteroatoms. The van der Waals surface area contributed by atoms with E-state index in [0.717, 1.165) is 41.7 Å². The summed E-state index contributed by atoms with van der Waals surface area (Å²) in [6.07, 6.45) is 0.812. The van der Waals surface area contributed by atoms with Crippen LogP contribution in [0.2, 0.25) is 0 Å². The fourth-order valence-corrected chi connectivity index (χ4v) is 4.04. The standard InChI is InChI=1S/C15H25BrN2O2S/c1-5-18(6-2)9-7-8-17-21(19,20)15-11-14(16)12(3)10-13(15)4/h10-11,17H,5-9H2,1-4H3. The minimum absolute atomic E-state index is 0.350. The number of rotatable bonds is 8. The maximum Gasteiger partial charge on any atom is 0.240 e. The lowest BCUT2D eigenvalue weighted by Gasteiger charge is -2.18. The number of nitrogens with one attached hydrogen (secondary N) is 1.